The highest BCUT2D eigenvalue weighted by Gasteiger charge is 2.13. The highest BCUT2D eigenvalue weighted by Crippen LogP contribution is 2.16. The molecule has 0 saturated heterocycles. The summed E-state index contributed by atoms with van der Waals surface area (Å²) < 4.78 is 6.55. The summed E-state index contributed by atoms with van der Waals surface area (Å²) >= 11 is 1.35. The first-order valence-electron chi connectivity index (χ1n) is 7.77. The molecule has 0 amide bonds. The Labute approximate surface area is 145 Å². The van der Waals surface area contributed by atoms with Crippen LogP contribution in [-0.2, 0) is 17.8 Å². The summed E-state index contributed by atoms with van der Waals surface area (Å²) in [6.45, 7) is 1.89. The maximum absolute atomic E-state index is 12.2. The normalized spacial score (nSPS) is 11.2. The zero-order chi connectivity index (χ0) is 17.4. The van der Waals surface area contributed by atoms with E-state index < -0.39 is 5.97 Å². The van der Waals surface area contributed by atoms with Crippen LogP contribution in [0.2, 0.25) is 0 Å². The largest absolute Gasteiger partial charge is 0.455 e. The van der Waals surface area contributed by atoms with Gasteiger partial charge in [-0.05, 0) is 18.6 Å². The Kier molecular flexibility index (Phi) is 3.81. The van der Waals surface area contributed by atoms with Gasteiger partial charge in [-0.15, -0.1) is 0 Å². The zero-order valence-electron chi connectivity index (χ0n) is 13.4. The van der Waals surface area contributed by atoms with Crippen molar-refractivity contribution < 1.29 is 9.53 Å². The van der Waals surface area contributed by atoms with Crippen LogP contribution in [-0.4, -0.2) is 25.6 Å². The molecule has 0 fully saturated rings. The molecule has 4 rings (SSSR count). The number of benzene rings is 1. The molecule has 1 aromatic carbocycles. The highest BCUT2D eigenvalue weighted by atomic mass is 32.1. The van der Waals surface area contributed by atoms with Crippen molar-refractivity contribution in [2.75, 3.05) is 0 Å². The fourth-order valence-corrected chi connectivity index (χ4v) is 3.37. The van der Waals surface area contributed by atoms with E-state index in [-0.39, 0.29) is 12.2 Å². The lowest BCUT2D eigenvalue weighted by Crippen LogP contribution is -2.16. The van der Waals surface area contributed by atoms with Gasteiger partial charge in [0.2, 0.25) is 4.96 Å². The molecule has 25 heavy (non-hydrogen) atoms. The fraction of sp³-hybridized carbons (Fsp3) is 0.176. The molecule has 0 spiro atoms. The Bertz CT molecular complexity index is 1110. The van der Waals surface area contributed by atoms with Crippen LogP contribution in [0.5, 0.6) is 0 Å². The van der Waals surface area contributed by atoms with Crippen LogP contribution >= 0.6 is 11.3 Å². The number of aromatic nitrogens is 4. The monoisotopic (exact) mass is 354 g/mol. The number of carbonyl (C=O) groups excluding carboxylic acids is 1. The first-order chi connectivity index (χ1) is 12.1. The van der Waals surface area contributed by atoms with Crippen LogP contribution in [0.4, 0.5) is 0 Å². The molecule has 0 atom stereocenters. The number of esters is 1. The minimum absolute atomic E-state index is 0.0701. The summed E-state index contributed by atoms with van der Waals surface area (Å²) in [6.07, 6.45) is 0.734. The van der Waals surface area contributed by atoms with Gasteiger partial charge in [-0.25, -0.2) is 9.78 Å². The third kappa shape index (κ3) is 2.91. The molecular weight excluding hydrogens is 340 g/mol. The first kappa shape index (κ1) is 15.5. The molecule has 3 aromatic heterocycles. The maximum Gasteiger partial charge on any atom is 0.355 e. The molecular formula is C17H14N4O3S. The molecule has 8 heteroatoms. The summed E-state index contributed by atoms with van der Waals surface area (Å²) in [7, 11) is 0. The highest BCUT2D eigenvalue weighted by molar-refractivity contribution is 7.16. The summed E-state index contributed by atoms with van der Waals surface area (Å²) in [5.41, 5.74) is 1.35. The molecule has 0 aliphatic heterocycles. The third-order valence-corrected chi connectivity index (χ3v) is 4.80. The molecule has 1 N–H and O–H groups in total. The smallest absolute Gasteiger partial charge is 0.355 e. The molecule has 4 aromatic rings. The molecule has 126 valence electrons. The summed E-state index contributed by atoms with van der Waals surface area (Å²) in [5.74, 6) is -0.489. The van der Waals surface area contributed by atoms with Gasteiger partial charge in [0.1, 0.15) is 17.3 Å². The third-order valence-electron chi connectivity index (χ3n) is 3.74. The average Bonchev–Trinajstić information content (AvgIpc) is 3.23. The predicted octanol–water partition coefficient (Wildman–Crippen LogP) is 2.55. The Hall–Kier alpha value is -3.00. The van der Waals surface area contributed by atoms with E-state index in [0.717, 1.165) is 22.3 Å². The van der Waals surface area contributed by atoms with Crippen LogP contribution in [0.15, 0.2) is 41.2 Å². The molecule has 3 heterocycles. The Balaban J connectivity index is 1.55. The van der Waals surface area contributed by atoms with Gasteiger partial charge < -0.3 is 9.72 Å². The van der Waals surface area contributed by atoms with Crippen LogP contribution < -0.4 is 5.56 Å². The van der Waals surface area contributed by atoms with E-state index >= 15 is 0 Å². The summed E-state index contributed by atoms with van der Waals surface area (Å²) in [4.78, 5) is 32.2. The first-order valence-corrected chi connectivity index (χ1v) is 8.59. The van der Waals surface area contributed by atoms with Crippen LogP contribution in [0.25, 0.3) is 15.9 Å². The van der Waals surface area contributed by atoms with Crippen molar-refractivity contribution in [3.8, 4) is 0 Å². The molecule has 0 aliphatic carbocycles. The second-order valence-electron chi connectivity index (χ2n) is 5.48. The molecule has 0 saturated carbocycles. The molecule has 0 bridgehead atoms. The SMILES string of the molecule is CCc1nn2c(=O)cc(COC(=O)c3cc4ccccc4[nH]3)nc2s1. The number of carbonyl (C=O) groups is 1. The number of ether oxygens (including phenoxy) is 1. The number of hydrogen-bond acceptors (Lipinski definition) is 6. The maximum atomic E-state index is 12.2. The van der Waals surface area contributed by atoms with Crippen molar-refractivity contribution >= 4 is 33.2 Å². The molecule has 7 nitrogen and oxygen atoms in total. The van der Waals surface area contributed by atoms with Crippen molar-refractivity contribution in [3.05, 3.63) is 63.1 Å². The van der Waals surface area contributed by atoms with Gasteiger partial charge in [0.15, 0.2) is 0 Å². The number of H-pyrrole nitrogens is 1. The van der Waals surface area contributed by atoms with E-state index in [2.05, 4.69) is 15.1 Å². The number of aryl methyl sites for hydroxylation is 1. The van der Waals surface area contributed by atoms with Crippen LogP contribution in [0, 0.1) is 0 Å². The number of para-hydroxylation sites is 1. The quantitative estimate of drug-likeness (QED) is 0.569. The summed E-state index contributed by atoms with van der Waals surface area (Å²) in [5, 5.41) is 5.95. The number of hydrogen-bond donors (Lipinski definition) is 1. The van der Waals surface area contributed by atoms with E-state index in [1.54, 1.807) is 6.07 Å². The fourth-order valence-electron chi connectivity index (χ4n) is 2.51. The molecule has 0 unspecified atom stereocenters. The van der Waals surface area contributed by atoms with Crippen LogP contribution in [0.3, 0.4) is 0 Å². The van der Waals surface area contributed by atoms with E-state index in [1.165, 1.54) is 21.9 Å². The van der Waals surface area contributed by atoms with E-state index in [0.29, 0.717) is 16.3 Å². The van der Waals surface area contributed by atoms with E-state index in [9.17, 15) is 9.59 Å². The van der Waals surface area contributed by atoms with E-state index in [1.807, 2.05) is 31.2 Å². The van der Waals surface area contributed by atoms with Gasteiger partial charge in [-0.1, -0.05) is 36.5 Å². The molecule has 0 aliphatic rings. The Morgan fingerprint density at radius 3 is 2.96 bits per heavy atom. The van der Waals surface area contributed by atoms with Gasteiger partial charge in [-0.3, -0.25) is 4.79 Å². The van der Waals surface area contributed by atoms with Crippen LogP contribution in [0.1, 0.15) is 28.1 Å². The topological polar surface area (TPSA) is 89.4 Å². The van der Waals surface area contributed by atoms with Gasteiger partial charge >= 0.3 is 5.97 Å². The second kappa shape index (κ2) is 6.14. The standard InChI is InChI=1S/C17H14N4O3S/c1-2-14-20-21-15(22)8-11(18-17(21)25-14)9-24-16(23)13-7-10-5-3-4-6-12(10)19-13/h3-8,19H,2,9H2,1H3. The predicted molar refractivity (Wildman–Crippen MR) is 93.9 cm³/mol. The second-order valence-corrected chi connectivity index (χ2v) is 6.52. The van der Waals surface area contributed by atoms with Crippen molar-refractivity contribution in [1.29, 1.82) is 0 Å². The van der Waals surface area contributed by atoms with E-state index in [4.69, 9.17) is 4.74 Å². The Morgan fingerprint density at radius 1 is 1.32 bits per heavy atom. The lowest BCUT2D eigenvalue weighted by atomic mass is 10.2. The minimum Gasteiger partial charge on any atom is -0.455 e. The van der Waals surface area contributed by atoms with Crippen molar-refractivity contribution in [3.63, 3.8) is 0 Å². The minimum atomic E-state index is -0.489. The summed E-state index contributed by atoms with van der Waals surface area (Å²) in [6, 6.07) is 10.7. The van der Waals surface area contributed by atoms with Crippen molar-refractivity contribution in [2.24, 2.45) is 0 Å². The lowest BCUT2D eigenvalue weighted by molar-refractivity contribution is 0.0462. The Morgan fingerprint density at radius 2 is 2.16 bits per heavy atom. The van der Waals surface area contributed by atoms with Gasteiger partial charge in [0.25, 0.3) is 5.56 Å². The van der Waals surface area contributed by atoms with Gasteiger partial charge in [-0.2, -0.15) is 9.61 Å². The number of nitrogens with zero attached hydrogens (tertiary/aromatic N) is 3. The van der Waals surface area contributed by atoms with Gasteiger partial charge in [0.05, 0.1) is 5.69 Å². The number of aromatic amines is 1. The van der Waals surface area contributed by atoms with Crippen molar-refractivity contribution in [2.45, 2.75) is 20.0 Å². The molecule has 0 radical (unpaired) electrons. The average molecular weight is 354 g/mol. The number of fused-ring (bicyclic) bond motifs is 2. The van der Waals surface area contributed by atoms with Gasteiger partial charge in [0, 0.05) is 17.0 Å². The lowest BCUT2D eigenvalue weighted by Gasteiger charge is -2.02. The van der Waals surface area contributed by atoms with Crippen molar-refractivity contribution in [1.82, 2.24) is 19.6 Å². The number of nitrogens with one attached hydrogen (secondary N) is 1. The zero-order valence-corrected chi connectivity index (χ0v) is 14.2. The number of rotatable bonds is 4.